The molecule has 494 valence electrons. The number of guanidine groups is 2. The normalized spacial score (nSPS) is 12.2. The van der Waals surface area contributed by atoms with E-state index in [0.717, 1.165) is 44.5 Å². The Bertz CT molecular complexity index is 3700. The van der Waals surface area contributed by atoms with E-state index in [0.29, 0.717) is 50.2 Å². The van der Waals surface area contributed by atoms with Crippen molar-refractivity contribution in [2.75, 3.05) is 13.1 Å². The van der Waals surface area contributed by atoms with Crippen molar-refractivity contribution in [1.29, 1.82) is 0 Å². The standard InChI is InChI=1S/C72H78N16O8/c73-71(75-41-13-25-59(67(93)77-45-49-29-37-57(89)38-30-49)79-69(95)65(53-17-5-1-6-18-53)54-19-7-2-8-20-54)81-63(91)27-15-43-87-47-61(83-85-87)51-33-35-52(36-34-51)62-48-88(86-84-62)44-16-28-64(92)82-72(74)76-42-14-26-60(68(94)78-46-50-31-39-58(90)40-32-50)80-70(96)66(55-21-9-3-10-22-55)56-23-11-4-12-24-56/h1-12,17-24,29-40,47-48,59-60,65-66,89-90H,13-16,25-28,41-46H2,(H,77,93)(H,78,94)(H,79,95)(H,80,96)(H3,73,75,81,91)(H3,74,76,82,92)/p+2/t59-,60-/m1/s1. The molecule has 24 nitrogen and oxygen atoms in total. The van der Waals surface area contributed by atoms with E-state index >= 15 is 0 Å². The first-order valence-corrected chi connectivity index (χ1v) is 31.9. The zero-order valence-corrected chi connectivity index (χ0v) is 53.2. The molecular weight excluding hydrogens is 1220 g/mol. The molecule has 9 rings (SSSR count). The number of carbonyl (C=O) groups excluding carboxylic acids is 6. The van der Waals surface area contributed by atoms with Crippen LogP contribution in [0.3, 0.4) is 0 Å². The second kappa shape index (κ2) is 35.5. The number of benzene rings is 7. The van der Waals surface area contributed by atoms with Crippen molar-refractivity contribution in [3.05, 3.63) is 240 Å². The van der Waals surface area contributed by atoms with Gasteiger partial charge in [-0.05, 0) is 96.2 Å². The summed E-state index contributed by atoms with van der Waals surface area (Å²) in [5, 5.41) is 54.0. The number of hydrogen-bond donors (Lipinski definition) is 10. The van der Waals surface area contributed by atoms with E-state index in [2.05, 4.69) is 74.0 Å². The average Bonchev–Trinajstić information content (AvgIpc) is 1.73. The number of quaternary nitrogens is 2. The predicted octanol–water partition coefficient (Wildman–Crippen LogP) is 5.43. The molecule has 0 aliphatic carbocycles. The number of phenolic OH excluding ortho intramolecular Hbond substituents is 2. The topological polar surface area (TPSA) is 356 Å². The highest BCUT2D eigenvalue weighted by Crippen LogP contribution is 2.28. The van der Waals surface area contributed by atoms with E-state index in [9.17, 15) is 39.0 Å². The van der Waals surface area contributed by atoms with Crippen LogP contribution in [-0.4, -0.2) is 113 Å². The number of rotatable bonds is 32. The second-order valence-corrected chi connectivity index (χ2v) is 23.0. The monoisotopic (exact) mass is 1300 g/mol. The number of nitrogens with one attached hydrogen (secondary N) is 6. The van der Waals surface area contributed by atoms with Gasteiger partial charge in [-0.2, -0.15) is 0 Å². The van der Waals surface area contributed by atoms with Crippen molar-refractivity contribution in [1.82, 2.24) is 61.9 Å². The first-order chi connectivity index (χ1) is 46.7. The molecule has 14 N–H and O–H groups in total. The van der Waals surface area contributed by atoms with Gasteiger partial charge >= 0.3 is 0 Å². The minimum absolute atomic E-state index is 0.112. The summed E-state index contributed by atoms with van der Waals surface area (Å²) in [6, 6.07) is 56.4. The Labute approximate surface area is 555 Å². The van der Waals surface area contributed by atoms with Crippen molar-refractivity contribution >= 4 is 47.4 Å². The zero-order chi connectivity index (χ0) is 67.4. The van der Waals surface area contributed by atoms with E-state index in [1.54, 1.807) is 57.9 Å². The fourth-order valence-electron chi connectivity index (χ4n) is 10.7. The zero-order valence-electron chi connectivity index (χ0n) is 53.2. The summed E-state index contributed by atoms with van der Waals surface area (Å²) < 4.78 is 3.35. The van der Waals surface area contributed by atoms with Gasteiger partial charge in [-0.3, -0.25) is 60.2 Å². The Kier molecular flexibility index (Phi) is 25.5. The van der Waals surface area contributed by atoms with Crippen molar-refractivity contribution in [3.8, 4) is 34.0 Å². The summed E-state index contributed by atoms with van der Waals surface area (Å²) in [5.74, 6) is -2.66. The van der Waals surface area contributed by atoms with Crippen molar-refractivity contribution in [3.63, 3.8) is 0 Å². The van der Waals surface area contributed by atoms with Crippen LogP contribution in [0.4, 0.5) is 0 Å². The van der Waals surface area contributed by atoms with Gasteiger partial charge in [0.15, 0.2) is 0 Å². The Hall–Kier alpha value is -11.5. The second-order valence-electron chi connectivity index (χ2n) is 23.0. The third-order valence-electron chi connectivity index (χ3n) is 15.7. The molecule has 0 unspecified atom stereocenters. The van der Waals surface area contributed by atoms with Crippen molar-refractivity contribution in [2.45, 2.75) is 101 Å². The highest BCUT2D eigenvalue weighted by atomic mass is 16.3. The van der Waals surface area contributed by atoms with Gasteiger partial charge in [0.05, 0.1) is 24.2 Å². The van der Waals surface area contributed by atoms with Crippen molar-refractivity contribution in [2.24, 2.45) is 9.98 Å². The summed E-state index contributed by atoms with van der Waals surface area (Å²) in [5.41, 5.74) is 15.5. The molecule has 0 bridgehead atoms. The van der Waals surface area contributed by atoms with Gasteiger partial charge in [-0.15, -0.1) is 10.2 Å². The van der Waals surface area contributed by atoms with Gasteiger partial charge in [-0.1, -0.05) is 180 Å². The smallest absolute Gasteiger partial charge is 0.299 e. The Morgan fingerprint density at radius 1 is 0.427 bits per heavy atom. The quantitative estimate of drug-likeness (QED) is 0.0143. The van der Waals surface area contributed by atoms with Crippen LogP contribution in [0.5, 0.6) is 11.5 Å². The van der Waals surface area contributed by atoms with Gasteiger partial charge in [-0.25, -0.2) is 9.98 Å². The van der Waals surface area contributed by atoms with Gasteiger partial charge in [0.2, 0.25) is 35.4 Å². The van der Waals surface area contributed by atoms with Crippen LogP contribution in [0.1, 0.15) is 96.6 Å². The number of amides is 6. The highest BCUT2D eigenvalue weighted by molar-refractivity contribution is 5.94. The summed E-state index contributed by atoms with van der Waals surface area (Å²) in [4.78, 5) is 90.2. The number of aromatic hydroxyl groups is 2. The molecule has 9 aromatic rings. The number of carbonyl (C=O) groups is 6. The van der Waals surface area contributed by atoms with Crippen LogP contribution >= 0.6 is 0 Å². The fraction of sp³-hybridized carbons (Fsp3) is 0.250. The SMILES string of the molecule is [NH3+]C(=NCCC[C@@H](NC(=O)C(c1ccccc1)c1ccccc1)C(=O)NCc1ccc(O)cc1)NC(=O)CCCn1cc(-c2ccc(-c3cn(CCCC(=O)NC([NH3+])=NCCC[C@@H](NC(=O)C(c4ccccc4)c4ccccc4)C(=O)NCc4ccc(O)cc4)nn3)cc2)nn1. The Morgan fingerprint density at radius 2 is 0.760 bits per heavy atom. The lowest BCUT2D eigenvalue weighted by molar-refractivity contribution is -0.222. The molecular formula is C72H80N16O8+2. The summed E-state index contributed by atoms with van der Waals surface area (Å²) in [6.07, 6.45) is 6.21. The largest absolute Gasteiger partial charge is 0.508 e. The minimum atomic E-state index is -0.896. The number of nitrogens with zero attached hydrogens (tertiary/aromatic N) is 8. The summed E-state index contributed by atoms with van der Waals surface area (Å²) in [6.45, 7) is 1.72. The maximum Gasteiger partial charge on any atom is 0.299 e. The molecule has 0 saturated heterocycles. The Morgan fingerprint density at radius 3 is 1.09 bits per heavy atom. The van der Waals surface area contributed by atoms with E-state index in [1.165, 1.54) is 0 Å². The average molecular weight is 1300 g/mol. The van der Waals surface area contributed by atoms with Crippen molar-refractivity contribution < 1.29 is 50.4 Å². The van der Waals surface area contributed by atoms with Crippen LogP contribution in [0.25, 0.3) is 22.5 Å². The van der Waals surface area contributed by atoms with Crippen LogP contribution in [0.15, 0.2) is 217 Å². The number of hydrogen-bond acceptors (Lipinski definition) is 14. The molecule has 0 spiro atoms. The highest BCUT2D eigenvalue weighted by Gasteiger charge is 2.30. The van der Waals surface area contributed by atoms with Crippen LogP contribution < -0.4 is 43.4 Å². The first kappa shape index (κ1) is 68.9. The van der Waals surface area contributed by atoms with Gasteiger partial charge < -0.3 is 31.5 Å². The third kappa shape index (κ3) is 21.3. The Balaban J connectivity index is 0.681. The third-order valence-corrected chi connectivity index (χ3v) is 15.7. The molecule has 0 fully saturated rings. The molecule has 96 heavy (non-hydrogen) atoms. The van der Waals surface area contributed by atoms with Gasteiger partial charge in [0.1, 0.15) is 35.0 Å². The molecule has 2 atom stereocenters. The first-order valence-electron chi connectivity index (χ1n) is 31.9. The molecule has 2 aromatic heterocycles. The molecule has 0 saturated carbocycles. The summed E-state index contributed by atoms with van der Waals surface area (Å²) in [7, 11) is 0. The molecule has 0 radical (unpaired) electrons. The van der Waals surface area contributed by atoms with E-state index in [4.69, 9.17) is 0 Å². The molecule has 0 aliphatic heterocycles. The van der Waals surface area contributed by atoms with Crippen LogP contribution in [-0.2, 0) is 54.9 Å². The predicted molar refractivity (Wildman–Crippen MR) is 361 cm³/mol. The maximum atomic E-state index is 14.1. The number of phenols is 2. The molecule has 6 amide bonds. The minimum Gasteiger partial charge on any atom is -0.508 e. The lowest BCUT2D eigenvalue weighted by Crippen LogP contribution is -2.65. The molecule has 24 heteroatoms. The van der Waals surface area contributed by atoms with E-state index in [1.807, 2.05) is 158 Å². The van der Waals surface area contributed by atoms with Gasteiger partial charge in [0, 0.05) is 63.2 Å². The lowest BCUT2D eigenvalue weighted by Gasteiger charge is -2.23. The number of aromatic nitrogens is 6. The van der Waals surface area contributed by atoms with Gasteiger partial charge in [0.25, 0.3) is 11.9 Å². The fourth-order valence-corrected chi connectivity index (χ4v) is 10.7. The van der Waals surface area contributed by atoms with Crippen LogP contribution in [0, 0.1) is 0 Å². The maximum absolute atomic E-state index is 14.1. The summed E-state index contributed by atoms with van der Waals surface area (Å²) >= 11 is 0. The molecule has 0 aliphatic rings. The van der Waals surface area contributed by atoms with E-state index < -0.39 is 23.9 Å². The number of aryl methyl sites for hydroxylation is 2. The number of aliphatic imine (C=N–C) groups is 2. The molecule has 7 aromatic carbocycles. The van der Waals surface area contributed by atoms with Crippen LogP contribution in [0.2, 0.25) is 0 Å². The van der Waals surface area contributed by atoms with E-state index in [-0.39, 0.29) is 111 Å². The molecule has 2 heterocycles. The lowest BCUT2D eigenvalue weighted by atomic mass is 9.90.